The minimum Gasteiger partial charge on any atom is -0.496 e. The van der Waals surface area contributed by atoms with Crippen molar-refractivity contribution in [1.82, 2.24) is 15.3 Å². The fourth-order valence-corrected chi connectivity index (χ4v) is 4.90. The van der Waals surface area contributed by atoms with E-state index in [2.05, 4.69) is 20.2 Å². The number of benzene rings is 2. The van der Waals surface area contributed by atoms with Crippen LogP contribution in [-0.4, -0.2) is 48.7 Å². The highest BCUT2D eigenvalue weighted by Crippen LogP contribution is 2.40. The van der Waals surface area contributed by atoms with E-state index in [-0.39, 0.29) is 28.9 Å². The number of ether oxygens (including phenoxy) is 1. The molecule has 7 nitrogen and oxygen atoms in total. The Morgan fingerprint density at radius 3 is 2.85 bits per heavy atom. The van der Waals surface area contributed by atoms with E-state index in [0.29, 0.717) is 17.0 Å². The molecule has 2 unspecified atom stereocenters. The maximum absolute atomic E-state index is 14.6. The summed E-state index contributed by atoms with van der Waals surface area (Å²) in [6, 6.07) is 9.09. The zero-order valence-electron chi connectivity index (χ0n) is 18.0. The van der Waals surface area contributed by atoms with Crippen LogP contribution in [0.3, 0.4) is 0 Å². The average molecular weight is 451 g/mol. The van der Waals surface area contributed by atoms with Gasteiger partial charge in [-0.25, -0.2) is 18.7 Å². The first-order chi connectivity index (χ1) is 16.0. The monoisotopic (exact) mass is 451 g/mol. The number of rotatable bonds is 5. The van der Waals surface area contributed by atoms with Crippen LogP contribution in [0.5, 0.6) is 5.75 Å². The molecule has 2 saturated heterocycles. The summed E-state index contributed by atoms with van der Waals surface area (Å²) in [5.41, 5.74) is 7.13. The molecule has 0 aliphatic carbocycles. The Morgan fingerprint density at radius 1 is 1.21 bits per heavy atom. The van der Waals surface area contributed by atoms with Crippen LogP contribution in [0.15, 0.2) is 42.6 Å². The van der Waals surface area contributed by atoms with Crippen LogP contribution in [0.2, 0.25) is 0 Å². The topological polar surface area (TPSA) is 93.4 Å². The summed E-state index contributed by atoms with van der Waals surface area (Å²) in [7, 11) is 1.40. The van der Waals surface area contributed by atoms with Crippen molar-refractivity contribution in [3.63, 3.8) is 0 Å². The number of nitrogens with two attached hydrogens (primary N) is 1. The standard InChI is InChI=1S/C24H23F2N5O2/c1-33-20-4-2-3-17(26)21(20)24-29-11-16(22(30-24)23(27)32)15-9-14(25)5-6-18(15)31-8-7-13-10-28-12-19(13)31/h2-6,9,11,13,19,28H,7-8,10,12H2,1H3,(H2,27,32). The molecule has 0 radical (unpaired) electrons. The minimum atomic E-state index is -0.819. The van der Waals surface area contributed by atoms with Crippen molar-refractivity contribution in [3.05, 3.63) is 59.9 Å². The minimum absolute atomic E-state index is 0.0212. The third kappa shape index (κ3) is 3.68. The van der Waals surface area contributed by atoms with Crippen LogP contribution in [-0.2, 0) is 0 Å². The number of amides is 1. The van der Waals surface area contributed by atoms with Gasteiger partial charge in [0.1, 0.15) is 23.1 Å². The number of hydrogen-bond acceptors (Lipinski definition) is 6. The highest BCUT2D eigenvalue weighted by Gasteiger charge is 2.38. The highest BCUT2D eigenvalue weighted by atomic mass is 19.1. The molecular weight excluding hydrogens is 428 g/mol. The van der Waals surface area contributed by atoms with Gasteiger partial charge in [0, 0.05) is 48.7 Å². The summed E-state index contributed by atoms with van der Waals surface area (Å²) < 4.78 is 34.2. The number of primary amides is 1. The second-order valence-electron chi connectivity index (χ2n) is 8.27. The zero-order valence-corrected chi connectivity index (χ0v) is 18.0. The van der Waals surface area contributed by atoms with Crippen molar-refractivity contribution in [2.24, 2.45) is 11.7 Å². The Kier molecular flexibility index (Phi) is 5.41. The third-order valence-corrected chi connectivity index (χ3v) is 6.44. The first-order valence-electron chi connectivity index (χ1n) is 10.7. The first kappa shape index (κ1) is 21.3. The highest BCUT2D eigenvalue weighted by molar-refractivity contribution is 6.00. The summed E-state index contributed by atoms with van der Waals surface area (Å²) in [6.07, 6.45) is 2.42. The molecule has 170 valence electrons. The molecule has 2 aliphatic heterocycles. The molecule has 0 spiro atoms. The molecule has 2 atom stereocenters. The van der Waals surface area contributed by atoms with E-state index >= 15 is 0 Å². The first-order valence-corrected chi connectivity index (χ1v) is 10.7. The van der Waals surface area contributed by atoms with E-state index < -0.39 is 17.5 Å². The van der Waals surface area contributed by atoms with E-state index in [1.165, 1.54) is 37.6 Å². The van der Waals surface area contributed by atoms with Gasteiger partial charge in [0.05, 0.1) is 12.7 Å². The lowest BCUT2D eigenvalue weighted by molar-refractivity contribution is 0.0996. The number of nitrogens with zero attached hydrogens (tertiary/aromatic N) is 3. The van der Waals surface area contributed by atoms with Gasteiger partial charge in [0.15, 0.2) is 5.82 Å². The zero-order chi connectivity index (χ0) is 23.1. The largest absolute Gasteiger partial charge is 0.496 e. The molecule has 2 aromatic carbocycles. The summed E-state index contributed by atoms with van der Waals surface area (Å²) in [4.78, 5) is 23.2. The number of carbonyl (C=O) groups is 1. The molecule has 2 aliphatic rings. The molecule has 3 aromatic rings. The predicted molar refractivity (Wildman–Crippen MR) is 120 cm³/mol. The van der Waals surface area contributed by atoms with E-state index in [4.69, 9.17) is 10.5 Å². The summed E-state index contributed by atoms with van der Waals surface area (Å²) in [5, 5.41) is 3.40. The van der Waals surface area contributed by atoms with Crippen LogP contribution in [0.1, 0.15) is 16.9 Å². The van der Waals surface area contributed by atoms with Gasteiger partial charge in [0.25, 0.3) is 5.91 Å². The van der Waals surface area contributed by atoms with Gasteiger partial charge in [-0.15, -0.1) is 0 Å². The number of hydrogen-bond donors (Lipinski definition) is 2. The molecule has 1 amide bonds. The van der Waals surface area contributed by atoms with Crippen molar-refractivity contribution in [1.29, 1.82) is 0 Å². The van der Waals surface area contributed by atoms with Crippen LogP contribution < -0.4 is 20.7 Å². The van der Waals surface area contributed by atoms with Crippen LogP contribution >= 0.6 is 0 Å². The average Bonchev–Trinajstić information content (AvgIpc) is 3.43. The number of fused-ring (bicyclic) bond motifs is 1. The number of nitrogens with one attached hydrogen (secondary N) is 1. The van der Waals surface area contributed by atoms with Gasteiger partial charge in [0.2, 0.25) is 0 Å². The van der Waals surface area contributed by atoms with Crippen molar-refractivity contribution < 1.29 is 18.3 Å². The quantitative estimate of drug-likeness (QED) is 0.620. The molecule has 3 heterocycles. The fourth-order valence-electron chi connectivity index (χ4n) is 4.90. The molecule has 5 rings (SSSR count). The Morgan fingerprint density at radius 2 is 2.06 bits per heavy atom. The van der Waals surface area contributed by atoms with Crippen LogP contribution in [0, 0.1) is 17.6 Å². The Hall–Kier alpha value is -3.59. The molecule has 3 N–H and O–H groups in total. The van der Waals surface area contributed by atoms with Crippen molar-refractivity contribution in [3.8, 4) is 28.3 Å². The number of methoxy groups -OCH3 is 1. The molecule has 2 fully saturated rings. The smallest absolute Gasteiger partial charge is 0.268 e. The number of aromatic nitrogens is 2. The number of carbonyl (C=O) groups excluding carboxylic acids is 1. The fraction of sp³-hybridized carbons (Fsp3) is 0.292. The lowest BCUT2D eigenvalue weighted by Gasteiger charge is -2.28. The van der Waals surface area contributed by atoms with E-state index in [9.17, 15) is 13.6 Å². The molecule has 9 heteroatoms. The summed E-state index contributed by atoms with van der Waals surface area (Å²) >= 11 is 0. The third-order valence-electron chi connectivity index (χ3n) is 6.44. The van der Waals surface area contributed by atoms with E-state index in [1.54, 1.807) is 12.1 Å². The van der Waals surface area contributed by atoms with Crippen molar-refractivity contribution in [2.45, 2.75) is 12.5 Å². The lowest BCUT2D eigenvalue weighted by Crippen LogP contribution is -2.34. The molecule has 0 saturated carbocycles. The van der Waals surface area contributed by atoms with Gasteiger partial charge >= 0.3 is 0 Å². The Balaban J connectivity index is 1.65. The number of halogens is 2. The van der Waals surface area contributed by atoms with Crippen LogP contribution in [0.25, 0.3) is 22.5 Å². The Labute approximate surface area is 189 Å². The van der Waals surface area contributed by atoms with E-state index in [1.807, 2.05) is 0 Å². The van der Waals surface area contributed by atoms with Crippen molar-refractivity contribution in [2.75, 3.05) is 31.6 Å². The second kappa shape index (κ2) is 8.40. The molecule has 33 heavy (non-hydrogen) atoms. The van der Waals surface area contributed by atoms with E-state index in [0.717, 1.165) is 31.7 Å². The van der Waals surface area contributed by atoms with Gasteiger partial charge in [-0.1, -0.05) is 6.07 Å². The molecule has 0 bridgehead atoms. The summed E-state index contributed by atoms with van der Waals surface area (Å²) in [5.74, 6) is -1.17. The van der Waals surface area contributed by atoms with Crippen molar-refractivity contribution >= 4 is 11.6 Å². The SMILES string of the molecule is COc1cccc(F)c1-c1ncc(-c2cc(F)ccc2N2CCC3CNCC32)c(C(N)=O)n1. The molecule has 1 aromatic heterocycles. The van der Waals surface area contributed by atoms with Crippen LogP contribution in [0.4, 0.5) is 14.5 Å². The van der Waals surface area contributed by atoms with Gasteiger partial charge in [-0.05, 0) is 42.7 Å². The Bertz CT molecular complexity index is 1240. The second-order valence-corrected chi connectivity index (χ2v) is 8.27. The lowest BCUT2D eigenvalue weighted by atomic mass is 10.00. The number of anilines is 1. The normalized spacial score (nSPS) is 19.5. The van der Waals surface area contributed by atoms with Gasteiger partial charge in [-0.2, -0.15) is 0 Å². The maximum Gasteiger partial charge on any atom is 0.268 e. The predicted octanol–water partition coefficient (Wildman–Crippen LogP) is 2.99. The molecular formula is C24H23F2N5O2. The summed E-state index contributed by atoms with van der Waals surface area (Å²) in [6.45, 7) is 2.62. The van der Waals surface area contributed by atoms with Gasteiger partial charge < -0.3 is 20.7 Å². The maximum atomic E-state index is 14.6. The van der Waals surface area contributed by atoms with Gasteiger partial charge in [-0.3, -0.25) is 4.79 Å².